The van der Waals surface area contributed by atoms with Gasteiger partial charge < -0.3 is 10.2 Å². The van der Waals surface area contributed by atoms with E-state index in [0.717, 1.165) is 31.4 Å². The molecule has 156 valence electrons. The number of nitrogens with one attached hydrogen (secondary N) is 1. The molecule has 6 rings (SSSR count). The standard InChI is InChI=1S/C28H28N2O/c1-20-11-13-23(14-12-20)25-19-26-24-9-5-6-10-27(24)31-28(30(26)29-25)17-15-22(16-18-28)21-7-3-2-4-8-21/h2-14,19,22,26,29H,15-18H2,1H3/t22?,26-,28?/m1/s1. The van der Waals surface area contributed by atoms with Crippen molar-refractivity contribution in [2.45, 2.75) is 50.3 Å². The molecule has 2 aliphatic heterocycles. The molecular weight excluding hydrogens is 380 g/mol. The van der Waals surface area contributed by atoms with Crippen molar-refractivity contribution >= 4 is 5.70 Å². The highest BCUT2D eigenvalue weighted by atomic mass is 16.5. The lowest BCUT2D eigenvalue weighted by Crippen LogP contribution is -2.60. The Balaban J connectivity index is 1.33. The van der Waals surface area contributed by atoms with Crippen LogP contribution in [0.4, 0.5) is 0 Å². The third-order valence-electron chi connectivity index (χ3n) is 7.22. The van der Waals surface area contributed by atoms with Gasteiger partial charge in [0.1, 0.15) is 5.75 Å². The zero-order valence-corrected chi connectivity index (χ0v) is 17.9. The van der Waals surface area contributed by atoms with Crippen LogP contribution in [0.3, 0.4) is 0 Å². The van der Waals surface area contributed by atoms with Gasteiger partial charge in [0.05, 0.1) is 11.7 Å². The van der Waals surface area contributed by atoms with Gasteiger partial charge in [0.25, 0.3) is 0 Å². The minimum absolute atomic E-state index is 0.189. The van der Waals surface area contributed by atoms with Crippen LogP contribution in [0.1, 0.15) is 59.9 Å². The quantitative estimate of drug-likeness (QED) is 0.535. The van der Waals surface area contributed by atoms with Gasteiger partial charge in [0.15, 0.2) is 5.72 Å². The lowest BCUT2D eigenvalue weighted by molar-refractivity contribution is -0.152. The van der Waals surface area contributed by atoms with Crippen LogP contribution < -0.4 is 10.2 Å². The van der Waals surface area contributed by atoms with Crippen molar-refractivity contribution in [3.8, 4) is 5.75 Å². The molecule has 3 nitrogen and oxygen atoms in total. The van der Waals surface area contributed by atoms with Crippen LogP contribution in [0.15, 0.2) is 84.9 Å². The van der Waals surface area contributed by atoms with E-state index in [1.165, 1.54) is 28.0 Å². The number of ether oxygens (including phenoxy) is 1. The first-order valence-corrected chi connectivity index (χ1v) is 11.4. The van der Waals surface area contributed by atoms with Crippen LogP contribution in [-0.4, -0.2) is 10.7 Å². The predicted molar refractivity (Wildman–Crippen MR) is 124 cm³/mol. The Hall–Kier alpha value is -3.04. The molecule has 3 aromatic rings. The zero-order chi connectivity index (χ0) is 20.8. The average Bonchev–Trinajstić information content (AvgIpc) is 3.28. The van der Waals surface area contributed by atoms with E-state index in [4.69, 9.17) is 4.74 Å². The second-order valence-electron chi connectivity index (χ2n) is 9.14. The summed E-state index contributed by atoms with van der Waals surface area (Å²) >= 11 is 0. The Morgan fingerprint density at radius 2 is 1.58 bits per heavy atom. The maximum absolute atomic E-state index is 6.79. The van der Waals surface area contributed by atoms with Crippen LogP contribution in [0.25, 0.3) is 5.70 Å². The van der Waals surface area contributed by atoms with Gasteiger partial charge in [-0.2, -0.15) is 5.01 Å². The molecule has 0 aromatic heterocycles. The lowest BCUT2D eigenvalue weighted by atomic mass is 9.78. The predicted octanol–water partition coefficient (Wildman–Crippen LogP) is 6.34. The van der Waals surface area contributed by atoms with Gasteiger partial charge in [-0.15, -0.1) is 0 Å². The Morgan fingerprint density at radius 1 is 0.871 bits per heavy atom. The summed E-state index contributed by atoms with van der Waals surface area (Å²) in [5.41, 5.74) is 9.83. The van der Waals surface area contributed by atoms with E-state index in [2.05, 4.69) is 102 Å². The van der Waals surface area contributed by atoms with Gasteiger partial charge in [-0.3, -0.25) is 0 Å². The van der Waals surface area contributed by atoms with Crippen molar-refractivity contribution in [3.05, 3.63) is 107 Å². The molecule has 1 N–H and O–H groups in total. The monoisotopic (exact) mass is 408 g/mol. The largest absolute Gasteiger partial charge is 0.471 e. The topological polar surface area (TPSA) is 24.5 Å². The van der Waals surface area contributed by atoms with E-state index >= 15 is 0 Å². The number of hydrogen-bond acceptors (Lipinski definition) is 3. The summed E-state index contributed by atoms with van der Waals surface area (Å²) in [7, 11) is 0. The second-order valence-corrected chi connectivity index (χ2v) is 9.14. The molecule has 3 aromatic carbocycles. The first kappa shape index (κ1) is 18.7. The highest BCUT2D eigenvalue weighted by Crippen LogP contribution is 2.51. The third kappa shape index (κ3) is 3.16. The highest BCUT2D eigenvalue weighted by molar-refractivity contribution is 5.67. The van der Waals surface area contributed by atoms with Gasteiger partial charge in [-0.1, -0.05) is 78.4 Å². The zero-order valence-electron chi connectivity index (χ0n) is 17.9. The molecule has 1 spiro atoms. The summed E-state index contributed by atoms with van der Waals surface area (Å²) in [6, 6.07) is 28.5. The number of para-hydroxylation sites is 1. The number of hydrogen-bond donors (Lipinski definition) is 1. The molecule has 0 radical (unpaired) electrons. The van der Waals surface area contributed by atoms with Crippen LogP contribution in [0.5, 0.6) is 5.75 Å². The van der Waals surface area contributed by atoms with E-state index in [1.54, 1.807) is 0 Å². The number of hydrazine groups is 1. The first-order valence-electron chi connectivity index (χ1n) is 11.4. The van der Waals surface area contributed by atoms with Crippen molar-refractivity contribution < 1.29 is 4.74 Å². The van der Waals surface area contributed by atoms with Crippen LogP contribution in [0.2, 0.25) is 0 Å². The number of nitrogens with zero attached hydrogens (tertiary/aromatic N) is 1. The molecule has 0 saturated heterocycles. The summed E-state index contributed by atoms with van der Waals surface area (Å²) in [6.07, 6.45) is 6.67. The van der Waals surface area contributed by atoms with Crippen molar-refractivity contribution in [3.63, 3.8) is 0 Å². The molecule has 1 fully saturated rings. The third-order valence-corrected chi connectivity index (χ3v) is 7.22. The van der Waals surface area contributed by atoms with E-state index in [1.807, 2.05) is 0 Å². The van der Waals surface area contributed by atoms with Gasteiger partial charge >= 0.3 is 0 Å². The average molecular weight is 409 g/mol. The Morgan fingerprint density at radius 3 is 2.35 bits per heavy atom. The summed E-state index contributed by atoms with van der Waals surface area (Å²) in [6.45, 7) is 2.13. The smallest absolute Gasteiger partial charge is 0.180 e. The SMILES string of the molecule is Cc1ccc(C2=C[C@@H]3c4ccccc4OC4(CCC(c5ccccc5)CC4)N3N2)cc1. The molecule has 31 heavy (non-hydrogen) atoms. The van der Waals surface area contributed by atoms with Crippen molar-refractivity contribution in [2.75, 3.05) is 0 Å². The fourth-order valence-electron chi connectivity index (χ4n) is 5.49. The van der Waals surface area contributed by atoms with E-state index in [-0.39, 0.29) is 11.8 Å². The minimum Gasteiger partial charge on any atom is -0.471 e. The Bertz CT molecular complexity index is 1110. The molecular formula is C28H28N2O. The second kappa shape index (κ2) is 7.28. The van der Waals surface area contributed by atoms with Crippen molar-refractivity contribution in [1.82, 2.24) is 10.4 Å². The van der Waals surface area contributed by atoms with E-state index in [9.17, 15) is 0 Å². The molecule has 0 unspecified atom stereocenters. The molecule has 1 atom stereocenters. The van der Waals surface area contributed by atoms with E-state index < -0.39 is 0 Å². The number of benzene rings is 3. The Kier molecular flexibility index (Phi) is 4.39. The number of fused-ring (bicyclic) bond motifs is 4. The number of rotatable bonds is 2. The summed E-state index contributed by atoms with van der Waals surface area (Å²) in [4.78, 5) is 0. The molecule has 3 aliphatic rings. The fourth-order valence-corrected chi connectivity index (χ4v) is 5.49. The van der Waals surface area contributed by atoms with Gasteiger partial charge in [0, 0.05) is 18.4 Å². The maximum atomic E-state index is 6.79. The van der Waals surface area contributed by atoms with Crippen molar-refractivity contribution in [2.24, 2.45) is 0 Å². The molecule has 3 heteroatoms. The van der Waals surface area contributed by atoms with E-state index in [0.29, 0.717) is 5.92 Å². The molecule has 0 amide bonds. The van der Waals surface area contributed by atoms with Crippen LogP contribution >= 0.6 is 0 Å². The first-order chi connectivity index (χ1) is 15.2. The normalized spacial score (nSPS) is 27.1. The summed E-state index contributed by atoms with van der Waals surface area (Å²) < 4.78 is 6.79. The minimum atomic E-state index is -0.312. The van der Waals surface area contributed by atoms with Crippen LogP contribution in [0, 0.1) is 6.92 Å². The molecule has 2 heterocycles. The fraction of sp³-hybridized carbons (Fsp3) is 0.286. The number of aryl methyl sites for hydroxylation is 1. The summed E-state index contributed by atoms with van der Waals surface area (Å²) in [5, 5.41) is 2.39. The molecule has 0 bridgehead atoms. The summed E-state index contributed by atoms with van der Waals surface area (Å²) in [5.74, 6) is 1.64. The highest BCUT2D eigenvalue weighted by Gasteiger charge is 2.51. The lowest BCUT2D eigenvalue weighted by Gasteiger charge is -2.51. The molecule has 1 saturated carbocycles. The maximum Gasteiger partial charge on any atom is 0.180 e. The van der Waals surface area contributed by atoms with Gasteiger partial charge in [-0.05, 0) is 49.0 Å². The Labute approximate surface area is 184 Å². The molecule has 1 aliphatic carbocycles. The van der Waals surface area contributed by atoms with Crippen molar-refractivity contribution in [1.29, 1.82) is 0 Å². The van der Waals surface area contributed by atoms with Gasteiger partial charge in [-0.25, -0.2) is 0 Å². The van der Waals surface area contributed by atoms with Crippen LogP contribution in [-0.2, 0) is 0 Å². The van der Waals surface area contributed by atoms with Gasteiger partial charge in [0.2, 0.25) is 0 Å².